The molecule has 0 amide bonds. The number of ether oxygens (including phenoxy) is 2. The molecule has 150 valence electrons. The molecule has 1 aliphatic heterocycles. The Labute approximate surface area is 171 Å². The number of nitrogens with zero attached hydrogens (tertiary/aromatic N) is 3. The maximum Gasteiger partial charge on any atom is 0.352 e. The molecule has 0 saturated carbocycles. The molecule has 0 fully saturated rings. The zero-order chi connectivity index (χ0) is 20.6. The van der Waals surface area contributed by atoms with Crippen LogP contribution < -0.4 is 20.5 Å². The SMILES string of the molecule is CC1(C)Cn2c(cc(OCc3ccc(Oc4cncc(Cl)c4)c(F)c3)nc2=O)N1. The summed E-state index contributed by atoms with van der Waals surface area (Å²) in [5.74, 6) is 0.639. The van der Waals surface area contributed by atoms with E-state index in [0.29, 0.717) is 28.7 Å². The van der Waals surface area contributed by atoms with Crippen molar-refractivity contribution in [3.8, 4) is 17.4 Å². The van der Waals surface area contributed by atoms with Gasteiger partial charge in [0, 0.05) is 18.3 Å². The predicted octanol–water partition coefficient (Wildman–Crippen LogP) is 4.01. The average molecular weight is 417 g/mol. The first-order chi connectivity index (χ1) is 13.8. The molecule has 7 nitrogen and oxygen atoms in total. The molecule has 9 heteroatoms. The number of hydrogen-bond acceptors (Lipinski definition) is 6. The first-order valence-electron chi connectivity index (χ1n) is 8.89. The number of fused-ring (bicyclic) bond motifs is 1. The first-order valence-corrected chi connectivity index (χ1v) is 9.27. The van der Waals surface area contributed by atoms with Crippen molar-refractivity contribution in [3.05, 3.63) is 69.6 Å². The van der Waals surface area contributed by atoms with E-state index in [1.165, 1.54) is 24.5 Å². The van der Waals surface area contributed by atoms with Gasteiger partial charge in [0.25, 0.3) is 0 Å². The van der Waals surface area contributed by atoms with E-state index < -0.39 is 5.82 Å². The van der Waals surface area contributed by atoms with Crippen LogP contribution in [0.5, 0.6) is 17.4 Å². The Hall–Kier alpha value is -3.13. The standard InChI is InChI=1S/C20H18ClFN4O3/c1-20(2)11-26-17(25-20)7-18(24-19(26)27)28-10-12-3-4-16(15(22)5-12)29-14-6-13(21)8-23-9-14/h3-9,25H,10-11H2,1-2H3. The Kier molecular flexibility index (Phi) is 4.87. The topological polar surface area (TPSA) is 78.3 Å². The van der Waals surface area contributed by atoms with Gasteiger partial charge in [-0.2, -0.15) is 4.98 Å². The Bertz CT molecular complexity index is 1130. The minimum Gasteiger partial charge on any atom is -0.473 e. The summed E-state index contributed by atoms with van der Waals surface area (Å²) in [7, 11) is 0. The van der Waals surface area contributed by atoms with E-state index in [1.54, 1.807) is 22.8 Å². The van der Waals surface area contributed by atoms with Crippen LogP contribution in [0.4, 0.5) is 10.2 Å². The lowest BCUT2D eigenvalue weighted by atomic mass is 10.1. The van der Waals surface area contributed by atoms with E-state index in [-0.39, 0.29) is 29.5 Å². The van der Waals surface area contributed by atoms with Crippen LogP contribution in [-0.4, -0.2) is 20.1 Å². The van der Waals surface area contributed by atoms with Crippen molar-refractivity contribution < 1.29 is 13.9 Å². The van der Waals surface area contributed by atoms with Crippen LogP contribution in [0.25, 0.3) is 0 Å². The monoisotopic (exact) mass is 416 g/mol. The summed E-state index contributed by atoms with van der Waals surface area (Å²) in [4.78, 5) is 20.0. The van der Waals surface area contributed by atoms with Crippen LogP contribution in [0, 0.1) is 5.82 Å². The Balaban J connectivity index is 1.45. The van der Waals surface area contributed by atoms with Gasteiger partial charge >= 0.3 is 5.69 Å². The van der Waals surface area contributed by atoms with Crippen LogP contribution in [0.15, 0.2) is 47.5 Å². The van der Waals surface area contributed by atoms with Crippen molar-refractivity contribution >= 4 is 17.4 Å². The van der Waals surface area contributed by atoms with Crippen molar-refractivity contribution in [2.24, 2.45) is 0 Å². The molecule has 29 heavy (non-hydrogen) atoms. The van der Waals surface area contributed by atoms with Gasteiger partial charge in [0.15, 0.2) is 11.6 Å². The van der Waals surface area contributed by atoms with Gasteiger partial charge in [-0.1, -0.05) is 17.7 Å². The third-order valence-corrected chi connectivity index (χ3v) is 4.50. The second kappa shape index (κ2) is 7.36. The van der Waals surface area contributed by atoms with Crippen LogP contribution in [0.3, 0.4) is 0 Å². The first kappa shape index (κ1) is 19.2. The molecule has 1 aliphatic rings. The zero-order valence-corrected chi connectivity index (χ0v) is 16.5. The van der Waals surface area contributed by atoms with E-state index in [4.69, 9.17) is 21.1 Å². The van der Waals surface area contributed by atoms with Crippen molar-refractivity contribution in [1.82, 2.24) is 14.5 Å². The van der Waals surface area contributed by atoms with Crippen LogP contribution in [-0.2, 0) is 13.2 Å². The highest BCUT2D eigenvalue weighted by Crippen LogP contribution is 2.28. The van der Waals surface area contributed by atoms with Crippen molar-refractivity contribution in [1.29, 1.82) is 0 Å². The number of pyridine rings is 1. The Morgan fingerprint density at radius 3 is 2.86 bits per heavy atom. The summed E-state index contributed by atoms with van der Waals surface area (Å²) in [6.45, 7) is 4.57. The molecule has 0 atom stereocenters. The summed E-state index contributed by atoms with van der Waals surface area (Å²) in [5.41, 5.74) is -0.0559. The molecular formula is C20H18ClFN4O3. The fourth-order valence-electron chi connectivity index (χ4n) is 3.05. The molecule has 0 radical (unpaired) electrons. The molecule has 2 aromatic heterocycles. The third-order valence-electron chi connectivity index (χ3n) is 4.30. The second-order valence-electron chi connectivity index (χ2n) is 7.35. The van der Waals surface area contributed by atoms with Gasteiger partial charge in [0.1, 0.15) is 18.2 Å². The van der Waals surface area contributed by atoms with Gasteiger partial charge in [-0.15, -0.1) is 0 Å². The van der Waals surface area contributed by atoms with E-state index in [9.17, 15) is 9.18 Å². The van der Waals surface area contributed by atoms with Crippen molar-refractivity contribution in [2.45, 2.75) is 32.5 Å². The van der Waals surface area contributed by atoms with Gasteiger partial charge in [-0.25, -0.2) is 9.18 Å². The summed E-state index contributed by atoms with van der Waals surface area (Å²) >= 11 is 5.85. The fourth-order valence-corrected chi connectivity index (χ4v) is 3.21. The number of hydrogen-bond donors (Lipinski definition) is 1. The summed E-state index contributed by atoms with van der Waals surface area (Å²) in [6, 6.07) is 7.66. The van der Waals surface area contributed by atoms with Crippen LogP contribution in [0.1, 0.15) is 19.4 Å². The molecule has 1 N–H and O–H groups in total. The number of halogens is 2. The predicted molar refractivity (Wildman–Crippen MR) is 106 cm³/mol. The van der Waals surface area contributed by atoms with Crippen molar-refractivity contribution in [3.63, 3.8) is 0 Å². The smallest absolute Gasteiger partial charge is 0.352 e. The molecule has 0 bridgehead atoms. The minimum atomic E-state index is -0.559. The summed E-state index contributed by atoms with van der Waals surface area (Å²) < 4.78 is 27.0. The lowest BCUT2D eigenvalue weighted by molar-refractivity contribution is 0.290. The third kappa shape index (κ3) is 4.32. The molecule has 1 aromatic carbocycles. The summed E-state index contributed by atoms with van der Waals surface area (Å²) in [5, 5.41) is 3.64. The highest BCUT2D eigenvalue weighted by Gasteiger charge is 2.29. The van der Waals surface area contributed by atoms with E-state index >= 15 is 0 Å². The van der Waals surface area contributed by atoms with Crippen LogP contribution in [0.2, 0.25) is 5.02 Å². The molecule has 4 rings (SSSR count). The minimum absolute atomic E-state index is 0.0400. The maximum absolute atomic E-state index is 14.4. The van der Waals surface area contributed by atoms with E-state index in [2.05, 4.69) is 15.3 Å². The average Bonchev–Trinajstić information content (AvgIpc) is 2.97. The lowest BCUT2D eigenvalue weighted by Gasteiger charge is -2.16. The van der Waals surface area contributed by atoms with E-state index in [0.717, 1.165) is 0 Å². The number of benzene rings is 1. The Morgan fingerprint density at radius 1 is 1.28 bits per heavy atom. The van der Waals surface area contributed by atoms with Gasteiger partial charge in [0.2, 0.25) is 5.88 Å². The Morgan fingerprint density at radius 2 is 2.10 bits per heavy atom. The lowest BCUT2D eigenvalue weighted by Crippen LogP contribution is -2.30. The van der Waals surface area contributed by atoms with Crippen LogP contribution >= 0.6 is 11.6 Å². The number of aromatic nitrogens is 3. The number of nitrogens with one attached hydrogen (secondary N) is 1. The highest BCUT2D eigenvalue weighted by molar-refractivity contribution is 6.30. The van der Waals surface area contributed by atoms with Gasteiger partial charge in [0.05, 0.1) is 23.3 Å². The summed E-state index contributed by atoms with van der Waals surface area (Å²) in [6.07, 6.45) is 2.90. The quantitative estimate of drug-likeness (QED) is 0.677. The molecular weight excluding hydrogens is 399 g/mol. The molecule has 0 spiro atoms. The normalized spacial score (nSPS) is 14.2. The molecule has 3 heterocycles. The van der Waals surface area contributed by atoms with Gasteiger partial charge in [-0.05, 0) is 31.5 Å². The maximum atomic E-state index is 14.4. The second-order valence-corrected chi connectivity index (χ2v) is 7.79. The van der Waals surface area contributed by atoms with Gasteiger partial charge in [-0.3, -0.25) is 9.55 Å². The molecule has 0 aliphatic carbocycles. The van der Waals surface area contributed by atoms with Gasteiger partial charge < -0.3 is 14.8 Å². The highest BCUT2D eigenvalue weighted by atomic mass is 35.5. The van der Waals surface area contributed by atoms with E-state index in [1.807, 2.05) is 13.8 Å². The zero-order valence-electron chi connectivity index (χ0n) is 15.8. The number of anilines is 1. The molecule has 0 unspecified atom stereocenters. The fraction of sp³-hybridized carbons (Fsp3) is 0.250. The largest absolute Gasteiger partial charge is 0.473 e. The van der Waals surface area contributed by atoms with Crippen molar-refractivity contribution in [2.75, 3.05) is 5.32 Å². The number of rotatable bonds is 5. The molecule has 0 saturated heterocycles. The molecule has 3 aromatic rings.